The summed E-state index contributed by atoms with van der Waals surface area (Å²) in [5.74, 6) is 0.973. The molecule has 0 aromatic heterocycles. The van der Waals surface area contributed by atoms with Crippen LogP contribution in [-0.4, -0.2) is 6.54 Å². The van der Waals surface area contributed by atoms with Gasteiger partial charge in [-0.2, -0.15) is 0 Å². The number of rotatable bonds is 5. The van der Waals surface area contributed by atoms with Gasteiger partial charge in [-0.1, -0.05) is 60.2 Å². The molecular formula is C16H24BrN. The summed E-state index contributed by atoms with van der Waals surface area (Å²) >= 11 is 3.53. The van der Waals surface area contributed by atoms with Crippen molar-refractivity contribution in [2.75, 3.05) is 6.54 Å². The molecule has 0 amide bonds. The molecule has 1 nitrogen and oxygen atoms in total. The van der Waals surface area contributed by atoms with Crippen molar-refractivity contribution in [1.82, 2.24) is 5.32 Å². The van der Waals surface area contributed by atoms with Crippen LogP contribution < -0.4 is 5.32 Å². The molecular weight excluding hydrogens is 286 g/mol. The molecule has 2 heteroatoms. The van der Waals surface area contributed by atoms with Crippen molar-refractivity contribution in [2.45, 2.75) is 51.5 Å². The first kappa shape index (κ1) is 14.1. The van der Waals surface area contributed by atoms with Crippen LogP contribution in [0.25, 0.3) is 0 Å². The molecule has 1 aromatic carbocycles. The van der Waals surface area contributed by atoms with Crippen molar-refractivity contribution < 1.29 is 0 Å². The van der Waals surface area contributed by atoms with Gasteiger partial charge in [0.1, 0.15) is 0 Å². The zero-order valence-electron chi connectivity index (χ0n) is 11.3. The van der Waals surface area contributed by atoms with Gasteiger partial charge in [-0.05, 0) is 43.5 Å². The fraction of sp³-hybridized carbons (Fsp3) is 0.625. The summed E-state index contributed by atoms with van der Waals surface area (Å²) in [6.45, 7) is 3.40. The van der Waals surface area contributed by atoms with Gasteiger partial charge in [0.15, 0.2) is 0 Å². The van der Waals surface area contributed by atoms with Crippen LogP contribution in [-0.2, 0) is 0 Å². The van der Waals surface area contributed by atoms with Crippen molar-refractivity contribution >= 4 is 15.9 Å². The molecule has 0 bridgehead atoms. The number of benzene rings is 1. The van der Waals surface area contributed by atoms with E-state index in [0.29, 0.717) is 6.04 Å². The molecule has 1 unspecified atom stereocenters. The second-order valence-electron chi connectivity index (χ2n) is 5.52. The third-order valence-corrected chi connectivity index (χ3v) is 4.57. The molecule has 1 aliphatic rings. The normalized spacial score (nSPS) is 18.8. The maximum Gasteiger partial charge on any atom is 0.0292 e. The van der Waals surface area contributed by atoms with Gasteiger partial charge in [0.2, 0.25) is 0 Å². The highest BCUT2D eigenvalue weighted by molar-refractivity contribution is 9.10. The van der Waals surface area contributed by atoms with E-state index in [-0.39, 0.29) is 0 Å². The Balaban J connectivity index is 1.72. The lowest BCUT2D eigenvalue weighted by Gasteiger charge is -2.22. The Morgan fingerprint density at radius 2 is 2.06 bits per heavy atom. The molecule has 1 saturated carbocycles. The van der Waals surface area contributed by atoms with Crippen LogP contribution in [0.15, 0.2) is 28.7 Å². The fourth-order valence-electron chi connectivity index (χ4n) is 2.87. The molecule has 1 N–H and O–H groups in total. The number of hydrogen-bond acceptors (Lipinski definition) is 1. The van der Waals surface area contributed by atoms with Gasteiger partial charge >= 0.3 is 0 Å². The van der Waals surface area contributed by atoms with Crippen LogP contribution in [0.2, 0.25) is 0 Å². The summed E-state index contributed by atoms with van der Waals surface area (Å²) < 4.78 is 1.17. The smallest absolute Gasteiger partial charge is 0.0292 e. The van der Waals surface area contributed by atoms with Crippen molar-refractivity contribution in [3.63, 3.8) is 0 Å². The maximum atomic E-state index is 3.65. The minimum absolute atomic E-state index is 0.450. The van der Waals surface area contributed by atoms with E-state index in [1.807, 2.05) is 0 Å². The zero-order valence-corrected chi connectivity index (χ0v) is 12.9. The first-order chi connectivity index (χ1) is 8.75. The fourth-order valence-corrected chi connectivity index (χ4v) is 3.29. The molecule has 1 fully saturated rings. The summed E-state index contributed by atoms with van der Waals surface area (Å²) in [6, 6.07) is 9.05. The van der Waals surface area contributed by atoms with Gasteiger partial charge in [-0.3, -0.25) is 0 Å². The summed E-state index contributed by atoms with van der Waals surface area (Å²) in [7, 11) is 0. The van der Waals surface area contributed by atoms with Crippen LogP contribution in [0.4, 0.5) is 0 Å². The lowest BCUT2D eigenvalue weighted by Crippen LogP contribution is -2.22. The van der Waals surface area contributed by atoms with Crippen LogP contribution in [0, 0.1) is 5.92 Å². The Morgan fingerprint density at radius 1 is 1.28 bits per heavy atom. The first-order valence-electron chi connectivity index (χ1n) is 7.24. The Hall–Kier alpha value is -0.340. The van der Waals surface area contributed by atoms with Crippen molar-refractivity contribution in [3.8, 4) is 0 Å². The Kier molecular flexibility index (Phi) is 5.71. The van der Waals surface area contributed by atoms with Gasteiger partial charge in [0.05, 0.1) is 0 Å². The lowest BCUT2D eigenvalue weighted by atomic mass is 9.87. The molecule has 100 valence electrons. The highest BCUT2D eigenvalue weighted by Gasteiger charge is 2.13. The Labute approximate surface area is 119 Å². The van der Waals surface area contributed by atoms with E-state index >= 15 is 0 Å². The molecule has 0 radical (unpaired) electrons. The maximum absolute atomic E-state index is 3.65. The molecule has 1 aromatic rings. The molecule has 0 saturated heterocycles. The molecule has 18 heavy (non-hydrogen) atoms. The van der Waals surface area contributed by atoms with Gasteiger partial charge in [0, 0.05) is 10.5 Å². The molecule has 2 rings (SSSR count). The second-order valence-corrected chi connectivity index (χ2v) is 6.44. The Bertz CT molecular complexity index is 358. The molecule has 0 heterocycles. The lowest BCUT2D eigenvalue weighted by molar-refractivity contribution is 0.329. The average Bonchev–Trinajstić information content (AvgIpc) is 2.40. The third-order valence-electron chi connectivity index (χ3n) is 4.08. The average molecular weight is 310 g/mol. The molecule has 1 aliphatic carbocycles. The van der Waals surface area contributed by atoms with Crippen molar-refractivity contribution in [1.29, 1.82) is 0 Å². The van der Waals surface area contributed by atoms with E-state index in [0.717, 1.165) is 12.5 Å². The number of halogens is 1. The van der Waals surface area contributed by atoms with Crippen LogP contribution >= 0.6 is 15.9 Å². The van der Waals surface area contributed by atoms with Gasteiger partial charge in [0.25, 0.3) is 0 Å². The standard InChI is InChI=1S/C16H24BrN/c1-13(15-8-5-9-16(17)12-15)18-11-10-14-6-3-2-4-7-14/h5,8-9,12-14,18H,2-4,6-7,10-11H2,1H3. The summed E-state index contributed by atoms with van der Waals surface area (Å²) in [5, 5.41) is 3.65. The largest absolute Gasteiger partial charge is 0.310 e. The van der Waals surface area contributed by atoms with E-state index < -0.39 is 0 Å². The number of hydrogen-bond donors (Lipinski definition) is 1. The van der Waals surface area contributed by atoms with E-state index in [2.05, 4.69) is 52.4 Å². The summed E-state index contributed by atoms with van der Waals surface area (Å²) in [5.41, 5.74) is 1.37. The highest BCUT2D eigenvalue weighted by atomic mass is 79.9. The van der Waals surface area contributed by atoms with E-state index in [1.54, 1.807) is 0 Å². The van der Waals surface area contributed by atoms with Gasteiger partial charge in [-0.15, -0.1) is 0 Å². The van der Waals surface area contributed by atoms with Crippen LogP contribution in [0.3, 0.4) is 0 Å². The Morgan fingerprint density at radius 3 is 2.78 bits per heavy atom. The predicted octanol–water partition coefficient (Wildman–Crippen LogP) is 5.07. The first-order valence-corrected chi connectivity index (χ1v) is 8.04. The van der Waals surface area contributed by atoms with Crippen LogP contribution in [0.5, 0.6) is 0 Å². The van der Waals surface area contributed by atoms with E-state index in [4.69, 9.17) is 0 Å². The molecule has 0 aliphatic heterocycles. The number of nitrogens with one attached hydrogen (secondary N) is 1. The zero-order chi connectivity index (χ0) is 12.8. The minimum atomic E-state index is 0.450. The summed E-state index contributed by atoms with van der Waals surface area (Å²) in [4.78, 5) is 0. The SMILES string of the molecule is CC(NCCC1CCCCC1)c1cccc(Br)c1. The topological polar surface area (TPSA) is 12.0 Å². The van der Waals surface area contributed by atoms with E-state index in [1.165, 1.54) is 48.6 Å². The van der Waals surface area contributed by atoms with Gasteiger partial charge < -0.3 is 5.32 Å². The summed E-state index contributed by atoms with van der Waals surface area (Å²) in [6.07, 6.45) is 8.61. The third kappa shape index (κ3) is 4.40. The molecule has 1 atom stereocenters. The van der Waals surface area contributed by atoms with Crippen molar-refractivity contribution in [2.24, 2.45) is 5.92 Å². The predicted molar refractivity (Wildman–Crippen MR) is 81.8 cm³/mol. The van der Waals surface area contributed by atoms with Crippen LogP contribution in [0.1, 0.15) is 57.1 Å². The monoisotopic (exact) mass is 309 g/mol. The second kappa shape index (κ2) is 7.30. The quantitative estimate of drug-likeness (QED) is 0.800. The molecule has 0 spiro atoms. The van der Waals surface area contributed by atoms with Crippen molar-refractivity contribution in [3.05, 3.63) is 34.3 Å². The highest BCUT2D eigenvalue weighted by Crippen LogP contribution is 2.26. The van der Waals surface area contributed by atoms with Gasteiger partial charge in [-0.25, -0.2) is 0 Å². The van der Waals surface area contributed by atoms with E-state index in [9.17, 15) is 0 Å². The minimum Gasteiger partial charge on any atom is -0.310 e.